The molecule has 2 unspecified atom stereocenters. The first-order chi connectivity index (χ1) is 9.47. The van der Waals surface area contributed by atoms with Crippen molar-refractivity contribution in [3.05, 3.63) is 28.8 Å². The van der Waals surface area contributed by atoms with E-state index in [1.807, 2.05) is 0 Å². The van der Waals surface area contributed by atoms with E-state index < -0.39 is 0 Å². The Morgan fingerprint density at radius 3 is 2.65 bits per heavy atom. The fourth-order valence-electron chi connectivity index (χ4n) is 3.03. The molecule has 112 valence electrons. The lowest BCUT2D eigenvalue weighted by atomic mass is 10.1. The molecule has 2 atom stereocenters. The third-order valence-electron chi connectivity index (χ3n) is 3.99. The Morgan fingerprint density at radius 1 is 1.35 bits per heavy atom. The van der Waals surface area contributed by atoms with Crippen molar-refractivity contribution in [1.29, 1.82) is 0 Å². The van der Waals surface area contributed by atoms with Gasteiger partial charge >= 0.3 is 0 Å². The van der Waals surface area contributed by atoms with Crippen molar-refractivity contribution >= 4 is 17.3 Å². The highest BCUT2D eigenvalue weighted by Crippen LogP contribution is 2.34. The summed E-state index contributed by atoms with van der Waals surface area (Å²) in [5.74, 6) is 1.44. The SMILES string of the molecule is CC(C)CNCc1ccc(N2CC(C)CC2C)c(Cl)c1. The summed E-state index contributed by atoms with van der Waals surface area (Å²) in [6, 6.07) is 7.08. The maximum atomic E-state index is 6.49. The van der Waals surface area contributed by atoms with Crippen LogP contribution in [-0.4, -0.2) is 19.1 Å². The summed E-state index contributed by atoms with van der Waals surface area (Å²) < 4.78 is 0. The van der Waals surface area contributed by atoms with Crippen LogP contribution in [0.1, 0.15) is 39.7 Å². The van der Waals surface area contributed by atoms with Crippen LogP contribution in [0.2, 0.25) is 5.02 Å². The summed E-state index contributed by atoms with van der Waals surface area (Å²) in [5, 5.41) is 4.35. The first-order valence-electron chi connectivity index (χ1n) is 7.73. The molecule has 2 nitrogen and oxygen atoms in total. The predicted octanol–water partition coefficient (Wildman–Crippen LogP) is 4.32. The van der Waals surface area contributed by atoms with Crippen LogP contribution in [0.5, 0.6) is 0 Å². The molecule has 0 spiro atoms. The van der Waals surface area contributed by atoms with Gasteiger partial charge in [0.05, 0.1) is 10.7 Å². The molecule has 1 aromatic rings. The van der Waals surface area contributed by atoms with E-state index in [9.17, 15) is 0 Å². The number of nitrogens with zero attached hydrogens (tertiary/aromatic N) is 1. The highest BCUT2D eigenvalue weighted by Gasteiger charge is 2.27. The van der Waals surface area contributed by atoms with E-state index in [0.717, 1.165) is 30.6 Å². The summed E-state index contributed by atoms with van der Waals surface area (Å²) in [5.41, 5.74) is 2.45. The maximum Gasteiger partial charge on any atom is 0.0642 e. The monoisotopic (exact) mass is 294 g/mol. The quantitative estimate of drug-likeness (QED) is 0.870. The lowest BCUT2D eigenvalue weighted by molar-refractivity contribution is 0.552. The average Bonchev–Trinajstić information content (AvgIpc) is 2.68. The number of rotatable bonds is 5. The minimum absolute atomic E-state index is 0.590. The largest absolute Gasteiger partial charge is 0.367 e. The zero-order chi connectivity index (χ0) is 14.7. The van der Waals surface area contributed by atoms with E-state index in [4.69, 9.17) is 11.6 Å². The molecule has 1 N–H and O–H groups in total. The third-order valence-corrected chi connectivity index (χ3v) is 4.29. The lowest BCUT2D eigenvalue weighted by Gasteiger charge is -2.25. The van der Waals surface area contributed by atoms with Crippen molar-refractivity contribution in [2.75, 3.05) is 18.0 Å². The van der Waals surface area contributed by atoms with Gasteiger partial charge in [0.2, 0.25) is 0 Å². The minimum Gasteiger partial charge on any atom is -0.367 e. The van der Waals surface area contributed by atoms with Crippen molar-refractivity contribution in [2.24, 2.45) is 11.8 Å². The smallest absolute Gasteiger partial charge is 0.0642 e. The molecule has 1 heterocycles. The Morgan fingerprint density at radius 2 is 2.10 bits per heavy atom. The molecule has 1 aromatic carbocycles. The molecule has 0 aromatic heterocycles. The molecule has 0 saturated carbocycles. The van der Waals surface area contributed by atoms with Gasteiger partial charge in [-0.3, -0.25) is 0 Å². The Hall–Kier alpha value is -0.730. The second-order valence-corrected chi connectivity index (χ2v) is 7.06. The van der Waals surface area contributed by atoms with Gasteiger partial charge in [0, 0.05) is 19.1 Å². The van der Waals surface area contributed by atoms with Crippen LogP contribution in [-0.2, 0) is 6.54 Å². The van der Waals surface area contributed by atoms with Gasteiger partial charge in [-0.2, -0.15) is 0 Å². The van der Waals surface area contributed by atoms with E-state index in [0.29, 0.717) is 12.0 Å². The second-order valence-electron chi connectivity index (χ2n) is 6.65. The van der Waals surface area contributed by atoms with Gasteiger partial charge in [-0.1, -0.05) is 38.4 Å². The van der Waals surface area contributed by atoms with Crippen molar-refractivity contribution in [2.45, 2.75) is 46.7 Å². The molecule has 0 aliphatic carbocycles. The summed E-state index contributed by atoms with van der Waals surface area (Å²) >= 11 is 6.49. The van der Waals surface area contributed by atoms with Gasteiger partial charge < -0.3 is 10.2 Å². The fraction of sp³-hybridized carbons (Fsp3) is 0.647. The van der Waals surface area contributed by atoms with E-state index in [-0.39, 0.29) is 0 Å². The molecule has 3 heteroatoms. The second kappa shape index (κ2) is 6.82. The van der Waals surface area contributed by atoms with Crippen LogP contribution in [0.3, 0.4) is 0 Å². The Kier molecular flexibility index (Phi) is 5.34. The van der Waals surface area contributed by atoms with Crippen molar-refractivity contribution in [1.82, 2.24) is 5.32 Å². The third kappa shape index (κ3) is 3.89. The predicted molar refractivity (Wildman–Crippen MR) is 88.6 cm³/mol. The van der Waals surface area contributed by atoms with Crippen molar-refractivity contribution < 1.29 is 0 Å². The van der Waals surface area contributed by atoms with Crippen molar-refractivity contribution in [3.63, 3.8) is 0 Å². The van der Waals surface area contributed by atoms with Crippen LogP contribution in [0.4, 0.5) is 5.69 Å². The van der Waals surface area contributed by atoms with Gasteiger partial charge in [-0.15, -0.1) is 0 Å². The molecule has 2 rings (SSSR count). The Labute approximate surface area is 128 Å². The Balaban J connectivity index is 2.02. The number of nitrogens with one attached hydrogen (secondary N) is 1. The molecular formula is C17H27ClN2. The van der Waals surface area contributed by atoms with Gasteiger partial charge in [0.1, 0.15) is 0 Å². The van der Waals surface area contributed by atoms with Gasteiger partial charge in [0.25, 0.3) is 0 Å². The van der Waals surface area contributed by atoms with Crippen molar-refractivity contribution in [3.8, 4) is 0 Å². The molecular weight excluding hydrogens is 268 g/mol. The first kappa shape index (κ1) is 15.7. The summed E-state index contributed by atoms with van der Waals surface area (Å²) in [4.78, 5) is 2.44. The lowest BCUT2D eigenvalue weighted by Crippen LogP contribution is -2.27. The summed E-state index contributed by atoms with van der Waals surface area (Å²) in [6.45, 7) is 12.1. The first-order valence-corrected chi connectivity index (χ1v) is 8.11. The maximum absolute atomic E-state index is 6.49. The molecule has 1 saturated heterocycles. The van der Waals surface area contributed by atoms with Crippen LogP contribution >= 0.6 is 11.6 Å². The number of hydrogen-bond donors (Lipinski definition) is 1. The van der Waals surface area contributed by atoms with E-state index >= 15 is 0 Å². The van der Waals surface area contributed by atoms with Crippen LogP contribution in [0.15, 0.2) is 18.2 Å². The Bertz CT molecular complexity index is 445. The molecule has 0 amide bonds. The minimum atomic E-state index is 0.590. The number of hydrogen-bond acceptors (Lipinski definition) is 2. The van der Waals surface area contributed by atoms with Gasteiger partial charge in [0.15, 0.2) is 0 Å². The molecule has 0 radical (unpaired) electrons. The van der Waals surface area contributed by atoms with E-state index in [1.54, 1.807) is 0 Å². The summed E-state index contributed by atoms with van der Waals surface area (Å²) in [6.07, 6.45) is 1.26. The fourth-order valence-corrected chi connectivity index (χ4v) is 3.35. The average molecular weight is 295 g/mol. The molecule has 1 fully saturated rings. The standard InChI is InChI=1S/C17H27ClN2/c1-12(2)9-19-10-15-5-6-17(16(18)8-15)20-11-13(3)7-14(20)4/h5-6,8,12-14,19H,7,9-11H2,1-4H3. The van der Waals surface area contributed by atoms with E-state index in [2.05, 4.69) is 56.1 Å². The van der Waals surface area contributed by atoms with E-state index in [1.165, 1.54) is 17.7 Å². The summed E-state index contributed by atoms with van der Waals surface area (Å²) in [7, 11) is 0. The number of halogens is 1. The number of benzene rings is 1. The van der Waals surface area contributed by atoms with Crippen LogP contribution in [0, 0.1) is 11.8 Å². The molecule has 20 heavy (non-hydrogen) atoms. The molecule has 1 aliphatic heterocycles. The van der Waals surface area contributed by atoms with Gasteiger partial charge in [-0.05, 0) is 49.4 Å². The molecule has 1 aliphatic rings. The normalized spacial score (nSPS) is 22.8. The zero-order valence-electron chi connectivity index (χ0n) is 13.1. The zero-order valence-corrected chi connectivity index (χ0v) is 13.9. The molecule has 0 bridgehead atoms. The highest BCUT2D eigenvalue weighted by molar-refractivity contribution is 6.33. The number of anilines is 1. The van der Waals surface area contributed by atoms with Crippen LogP contribution in [0.25, 0.3) is 0 Å². The highest BCUT2D eigenvalue weighted by atomic mass is 35.5. The van der Waals surface area contributed by atoms with Gasteiger partial charge in [-0.25, -0.2) is 0 Å². The van der Waals surface area contributed by atoms with Crippen LogP contribution < -0.4 is 10.2 Å². The topological polar surface area (TPSA) is 15.3 Å².